The van der Waals surface area contributed by atoms with E-state index in [0.717, 1.165) is 12.1 Å². The molecular formula is C16H21F2NO3S. The number of alkyl halides is 2. The second kappa shape index (κ2) is 7.40. The van der Waals surface area contributed by atoms with Crippen LogP contribution >= 0.6 is 0 Å². The van der Waals surface area contributed by atoms with Gasteiger partial charge < -0.3 is 9.29 Å². The summed E-state index contributed by atoms with van der Waals surface area (Å²) in [5, 5.41) is 0. The molecular weight excluding hydrogens is 324 g/mol. The first-order valence-electron chi connectivity index (χ1n) is 7.13. The van der Waals surface area contributed by atoms with Crippen LogP contribution in [0.1, 0.15) is 45.7 Å². The molecule has 0 aliphatic heterocycles. The van der Waals surface area contributed by atoms with Gasteiger partial charge in [-0.25, -0.2) is 4.79 Å². The van der Waals surface area contributed by atoms with Crippen molar-refractivity contribution in [3.8, 4) is 0 Å². The second-order valence-electron chi connectivity index (χ2n) is 5.91. The summed E-state index contributed by atoms with van der Waals surface area (Å²) < 4.78 is 48.0. The molecule has 0 amide bonds. The molecule has 1 rings (SSSR count). The van der Waals surface area contributed by atoms with Gasteiger partial charge in [-0.15, -0.1) is 0 Å². The second-order valence-corrected chi connectivity index (χ2v) is 7.82. The number of carbonyl (C=O) groups excluding carboxylic acids is 1. The van der Waals surface area contributed by atoms with Crippen LogP contribution in [0.25, 0.3) is 0 Å². The lowest BCUT2D eigenvalue weighted by molar-refractivity contribution is -0.173. The minimum absolute atomic E-state index is 0.126. The minimum atomic E-state index is -3.74. The Balaban J connectivity index is 3.14. The first-order valence-corrected chi connectivity index (χ1v) is 8.24. The summed E-state index contributed by atoms with van der Waals surface area (Å²) in [6, 6.07) is 5.28. The maximum atomic E-state index is 14.1. The van der Waals surface area contributed by atoms with Gasteiger partial charge in [-0.3, -0.25) is 0 Å². The molecule has 0 aromatic heterocycles. The van der Waals surface area contributed by atoms with E-state index in [2.05, 4.69) is 9.13 Å². The van der Waals surface area contributed by atoms with Gasteiger partial charge in [0.1, 0.15) is 16.1 Å². The Labute approximate surface area is 138 Å². The van der Waals surface area contributed by atoms with Gasteiger partial charge in [-0.1, -0.05) is 22.6 Å². The van der Waals surface area contributed by atoms with Crippen LogP contribution < -0.4 is 0 Å². The van der Waals surface area contributed by atoms with Crippen LogP contribution in [0.2, 0.25) is 0 Å². The van der Waals surface area contributed by atoms with E-state index in [4.69, 9.17) is 0 Å². The molecule has 1 aromatic carbocycles. The molecule has 1 atom stereocenters. The number of carbonyl (C=O) groups is 1. The number of esters is 1. The molecule has 7 heteroatoms. The van der Waals surface area contributed by atoms with E-state index < -0.39 is 33.6 Å². The minimum Gasteiger partial charge on any atom is -0.591 e. The maximum absolute atomic E-state index is 14.1. The Morgan fingerprint density at radius 2 is 1.96 bits per heavy atom. The van der Waals surface area contributed by atoms with Gasteiger partial charge in [-0.2, -0.15) is 8.78 Å². The van der Waals surface area contributed by atoms with Crippen LogP contribution in [0.4, 0.5) is 8.78 Å². The molecule has 0 aliphatic rings. The first kappa shape index (κ1) is 19.6. The van der Waals surface area contributed by atoms with Gasteiger partial charge in [-0.05, 0) is 40.7 Å². The molecule has 0 N–H and O–H groups in total. The molecule has 4 nitrogen and oxygen atoms in total. The van der Waals surface area contributed by atoms with E-state index in [1.807, 2.05) is 0 Å². The molecule has 0 saturated heterocycles. The van der Waals surface area contributed by atoms with E-state index in [0.29, 0.717) is 11.3 Å². The van der Waals surface area contributed by atoms with E-state index in [1.165, 1.54) is 13.0 Å². The van der Waals surface area contributed by atoms with Gasteiger partial charge in [0.2, 0.25) is 0 Å². The Hall–Kier alpha value is -1.47. The van der Waals surface area contributed by atoms with Crippen LogP contribution in [-0.2, 0) is 26.8 Å². The molecule has 0 radical (unpaired) electrons. The van der Waals surface area contributed by atoms with Crippen molar-refractivity contribution in [2.45, 2.75) is 45.3 Å². The van der Waals surface area contributed by atoms with Crippen LogP contribution in [0, 0.1) is 0 Å². The van der Waals surface area contributed by atoms with Crippen molar-refractivity contribution >= 4 is 23.0 Å². The standard InChI is InChI=1S/C16H21F2NO3S/c1-6-22-14(20)16(17,18)13-9-7-8-12(10-13)11(2)19-23(21)15(3,4)5/h7-10H,6H2,1-5H3. The number of rotatable bonds is 5. The highest BCUT2D eigenvalue weighted by atomic mass is 32.2. The van der Waals surface area contributed by atoms with E-state index in [1.54, 1.807) is 33.8 Å². The molecule has 0 fully saturated rings. The average Bonchev–Trinajstić information content (AvgIpc) is 2.46. The lowest BCUT2D eigenvalue weighted by atomic mass is 10.0. The monoisotopic (exact) mass is 345 g/mol. The summed E-state index contributed by atoms with van der Waals surface area (Å²) in [4.78, 5) is 11.4. The molecule has 0 spiro atoms. The summed E-state index contributed by atoms with van der Waals surface area (Å²) in [5.41, 5.74) is 0.258. The third kappa shape index (κ3) is 5.00. The quantitative estimate of drug-likeness (QED) is 0.465. The van der Waals surface area contributed by atoms with Crippen LogP contribution in [0.5, 0.6) is 0 Å². The van der Waals surface area contributed by atoms with E-state index >= 15 is 0 Å². The van der Waals surface area contributed by atoms with Crippen molar-refractivity contribution in [2.24, 2.45) is 4.40 Å². The zero-order valence-electron chi connectivity index (χ0n) is 13.9. The normalized spacial score (nSPS) is 14.5. The molecule has 0 heterocycles. The SMILES string of the molecule is CCOC(=O)C(F)(F)c1cccc(C(C)=N[S+]([O-])C(C)(C)C)c1. The number of hydrogen-bond acceptors (Lipinski definition) is 4. The number of ether oxygens (including phenoxy) is 1. The summed E-state index contributed by atoms with van der Waals surface area (Å²) in [6.07, 6.45) is 0. The molecule has 128 valence electrons. The third-order valence-corrected chi connectivity index (χ3v) is 4.41. The predicted octanol–water partition coefficient (Wildman–Crippen LogP) is 3.61. The average molecular weight is 345 g/mol. The Morgan fingerprint density at radius 1 is 1.35 bits per heavy atom. The highest BCUT2D eigenvalue weighted by molar-refractivity contribution is 7.91. The summed E-state index contributed by atoms with van der Waals surface area (Å²) in [6.45, 7) is 8.23. The molecule has 0 aliphatic carbocycles. The van der Waals surface area contributed by atoms with Crippen molar-refractivity contribution < 1.29 is 22.9 Å². The Bertz CT molecular complexity index is 597. The summed E-state index contributed by atoms with van der Waals surface area (Å²) >= 11 is -1.50. The van der Waals surface area contributed by atoms with Gasteiger partial charge >= 0.3 is 11.9 Å². The van der Waals surface area contributed by atoms with Crippen molar-refractivity contribution in [1.82, 2.24) is 0 Å². The summed E-state index contributed by atoms with van der Waals surface area (Å²) in [5.74, 6) is -5.33. The Kier molecular flexibility index (Phi) is 6.30. The van der Waals surface area contributed by atoms with E-state index in [-0.39, 0.29) is 6.61 Å². The highest BCUT2D eigenvalue weighted by Gasteiger charge is 2.42. The molecule has 23 heavy (non-hydrogen) atoms. The Morgan fingerprint density at radius 3 is 2.48 bits per heavy atom. The van der Waals surface area contributed by atoms with Crippen molar-refractivity contribution in [3.63, 3.8) is 0 Å². The number of hydrogen-bond donors (Lipinski definition) is 0. The zero-order chi connectivity index (χ0) is 17.8. The van der Waals surface area contributed by atoms with Gasteiger partial charge in [0.25, 0.3) is 0 Å². The van der Waals surface area contributed by atoms with Crippen LogP contribution in [-0.4, -0.2) is 27.6 Å². The van der Waals surface area contributed by atoms with Crippen LogP contribution in [0.15, 0.2) is 28.7 Å². The molecule has 1 unspecified atom stereocenters. The van der Waals surface area contributed by atoms with Crippen molar-refractivity contribution in [1.29, 1.82) is 0 Å². The largest absolute Gasteiger partial charge is 0.591 e. The third-order valence-electron chi connectivity index (χ3n) is 2.92. The van der Waals surface area contributed by atoms with Crippen LogP contribution in [0.3, 0.4) is 0 Å². The van der Waals surface area contributed by atoms with Gasteiger partial charge in [0.05, 0.1) is 12.3 Å². The number of halogens is 2. The molecule has 0 saturated carbocycles. The lowest BCUT2D eigenvalue weighted by Gasteiger charge is -2.19. The van der Waals surface area contributed by atoms with Gasteiger partial charge in [0.15, 0.2) is 0 Å². The fourth-order valence-corrected chi connectivity index (χ4v) is 2.22. The number of nitrogens with zero attached hydrogens (tertiary/aromatic N) is 1. The summed E-state index contributed by atoms with van der Waals surface area (Å²) in [7, 11) is 0. The lowest BCUT2D eigenvalue weighted by Crippen LogP contribution is -2.28. The predicted molar refractivity (Wildman–Crippen MR) is 87.1 cm³/mol. The zero-order valence-corrected chi connectivity index (χ0v) is 14.7. The fraction of sp³-hybridized carbons (Fsp3) is 0.500. The van der Waals surface area contributed by atoms with E-state index in [9.17, 15) is 18.1 Å². The van der Waals surface area contributed by atoms with Gasteiger partial charge in [0, 0.05) is 11.1 Å². The maximum Gasteiger partial charge on any atom is 0.381 e. The number of benzene rings is 1. The topological polar surface area (TPSA) is 61.7 Å². The van der Waals surface area contributed by atoms with Crippen molar-refractivity contribution in [2.75, 3.05) is 6.61 Å². The molecule has 1 aromatic rings. The smallest absolute Gasteiger partial charge is 0.381 e. The highest BCUT2D eigenvalue weighted by Crippen LogP contribution is 2.30. The fourth-order valence-electron chi connectivity index (χ4n) is 1.59. The first-order chi connectivity index (χ1) is 10.5. The van der Waals surface area contributed by atoms with Crippen molar-refractivity contribution in [3.05, 3.63) is 35.4 Å². The molecule has 0 bridgehead atoms.